The lowest BCUT2D eigenvalue weighted by atomic mass is 9.79. The van der Waals surface area contributed by atoms with Crippen molar-refractivity contribution in [1.29, 1.82) is 0 Å². The molecule has 0 saturated heterocycles. The molecule has 0 amide bonds. The molecule has 0 fully saturated rings. The van der Waals surface area contributed by atoms with E-state index in [1.54, 1.807) is 7.05 Å². The SMILES string of the molecule is CNC1c2ccccc2C(C)CC1OC(C)C(F)(F)F. The van der Waals surface area contributed by atoms with Crippen molar-refractivity contribution >= 4 is 0 Å². The molecule has 1 aromatic carbocycles. The summed E-state index contributed by atoms with van der Waals surface area (Å²) in [6.07, 6.45) is -5.95. The summed E-state index contributed by atoms with van der Waals surface area (Å²) in [6.45, 7) is 3.09. The summed E-state index contributed by atoms with van der Waals surface area (Å²) in [5, 5.41) is 3.10. The van der Waals surface area contributed by atoms with Crippen LogP contribution >= 0.6 is 0 Å². The van der Waals surface area contributed by atoms with E-state index in [0.717, 1.165) is 12.5 Å². The second-order valence-electron chi connectivity index (χ2n) is 5.39. The molecule has 0 heterocycles. The van der Waals surface area contributed by atoms with E-state index >= 15 is 0 Å². The number of halogens is 3. The fourth-order valence-electron chi connectivity index (χ4n) is 2.87. The first kappa shape index (κ1) is 15.3. The summed E-state index contributed by atoms with van der Waals surface area (Å²) in [7, 11) is 1.76. The maximum absolute atomic E-state index is 12.7. The Morgan fingerprint density at radius 1 is 1.25 bits per heavy atom. The lowest BCUT2D eigenvalue weighted by Gasteiger charge is -2.38. The van der Waals surface area contributed by atoms with Crippen LogP contribution < -0.4 is 5.32 Å². The van der Waals surface area contributed by atoms with Gasteiger partial charge in [-0.15, -0.1) is 0 Å². The number of hydrogen-bond donors (Lipinski definition) is 1. The molecule has 0 saturated carbocycles. The fraction of sp³-hybridized carbons (Fsp3) is 0.600. The summed E-state index contributed by atoms with van der Waals surface area (Å²) in [6, 6.07) is 7.66. The van der Waals surface area contributed by atoms with Crippen LogP contribution in [0.2, 0.25) is 0 Å². The van der Waals surface area contributed by atoms with Gasteiger partial charge in [0.25, 0.3) is 0 Å². The van der Waals surface area contributed by atoms with Crippen molar-refractivity contribution in [2.24, 2.45) is 0 Å². The first-order chi connectivity index (χ1) is 9.34. The largest absolute Gasteiger partial charge is 0.414 e. The van der Waals surface area contributed by atoms with Crippen LogP contribution in [-0.4, -0.2) is 25.4 Å². The van der Waals surface area contributed by atoms with Gasteiger partial charge in [0.2, 0.25) is 0 Å². The highest BCUT2D eigenvalue weighted by molar-refractivity contribution is 5.36. The number of likely N-dealkylation sites (N-methyl/N-ethyl adjacent to an activating group) is 1. The quantitative estimate of drug-likeness (QED) is 0.913. The smallest absolute Gasteiger partial charge is 0.364 e. The number of fused-ring (bicyclic) bond motifs is 1. The lowest BCUT2D eigenvalue weighted by molar-refractivity contribution is -0.231. The van der Waals surface area contributed by atoms with E-state index in [2.05, 4.69) is 5.32 Å². The predicted molar refractivity (Wildman–Crippen MR) is 71.7 cm³/mol. The zero-order valence-corrected chi connectivity index (χ0v) is 11.9. The van der Waals surface area contributed by atoms with Gasteiger partial charge in [0.05, 0.1) is 12.1 Å². The molecule has 1 N–H and O–H groups in total. The van der Waals surface area contributed by atoms with Gasteiger partial charge in [-0.2, -0.15) is 13.2 Å². The Bertz CT molecular complexity index is 461. The van der Waals surface area contributed by atoms with E-state index in [4.69, 9.17) is 4.74 Å². The van der Waals surface area contributed by atoms with Crippen LogP contribution in [0.5, 0.6) is 0 Å². The summed E-state index contributed by atoms with van der Waals surface area (Å²) >= 11 is 0. The first-order valence-corrected chi connectivity index (χ1v) is 6.82. The van der Waals surface area contributed by atoms with Gasteiger partial charge < -0.3 is 10.1 Å². The molecule has 1 aliphatic carbocycles. The van der Waals surface area contributed by atoms with Crippen LogP contribution in [0.25, 0.3) is 0 Å². The Morgan fingerprint density at radius 2 is 1.85 bits per heavy atom. The standard InChI is InChI=1S/C15H20F3NO/c1-9-8-13(20-10(2)15(16,17)18)14(19-3)12-7-5-4-6-11(9)12/h4-7,9-10,13-14,19H,8H2,1-3H3. The van der Waals surface area contributed by atoms with E-state index in [0.29, 0.717) is 6.42 Å². The summed E-state index contributed by atoms with van der Waals surface area (Å²) in [5.74, 6) is 0.196. The number of ether oxygens (including phenoxy) is 1. The van der Waals surface area contributed by atoms with Crippen molar-refractivity contribution < 1.29 is 17.9 Å². The third-order valence-corrected chi connectivity index (χ3v) is 3.97. The van der Waals surface area contributed by atoms with Gasteiger partial charge in [0.15, 0.2) is 6.10 Å². The number of hydrogen-bond acceptors (Lipinski definition) is 2. The highest BCUT2D eigenvalue weighted by Crippen LogP contribution is 2.40. The molecule has 4 atom stereocenters. The molecular formula is C15H20F3NO. The normalized spacial score (nSPS) is 28.0. The van der Waals surface area contributed by atoms with Gasteiger partial charge in [-0.1, -0.05) is 31.2 Å². The highest BCUT2D eigenvalue weighted by atomic mass is 19.4. The molecule has 0 bridgehead atoms. The minimum Gasteiger partial charge on any atom is -0.364 e. The van der Waals surface area contributed by atoms with Crippen molar-refractivity contribution in [3.8, 4) is 0 Å². The Balaban J connectivity index is 2.24. The Kier molecular flexibility index (Phi) is 4.39. The van der Waals surface area contributed by atoms with E-state index < -0.39 is 18.4 Å². The van der Waals surface area contributed by atoms with Crippen LogP contribution in [0.3, 0.4) is 0 Å². The molecule has 0 radical (unpaired) electrons. The lowest BCUT2D eigenvalue weighted by Crippen LogP contribution is -2.42. The molecule has 5 heteroatoms. The van der Waals surface area contributed by atoms with E-state index in [1.165, 1.54) is 5.56 Å². The first-order valence-electron chi connectivity index (χ1n) is 6.82. The molecule has 0 aliphatic heterocycles. The summed E-state index contributed by atoms with van der Waals surface area (Å²) in [5.41, 5.74) is 2.22. The monoisotopic (exact) mass is 287 g/mol. The maximum atomic E-state index is 12.7. The van der Waals surface area contributed by atoms with Gasteiger partial charge in [-0.05, 0) is 37.4 Å². The third-order valence-electron chi connectivity index (χ3n) is 3.97. The zero-order valence-electron chi connectivity index (χ0n) is 11.9. The fourth-order valence-corrected chi connectivity index (χ4v) is 2.87. The second-order valence-corrected chi connectivity index (χ2v) is 5.39. The topological polar surface area (TPSA) is 21.3 Å². The van der Waals surface area contributed by atoms with Crippen LogP contribution in [0.4, 0.5) is 13.2 Å². The second kappa shape index (κ2) is 5.74. The average Bonchev–Trinajstić information content (AvgIpc) is 2.38. The molecule has 1 aliphatic rings. The van der Waals surface area contributed by atoms with Crippen molar-refractivity contribution in [2.45, 2.75) is 50.6 Å². The minimum atomic E-state index is -4.32. The molecule has 20 heavy (non-hydrogen) atoms. The van der Waals surface area contributed by atoms with Crippen LogP contribution in [-0.2, 0) is 4.74 Å². The Hall–Kier alpha value is -1.07. The number of nitrogens with one attached hydrogen (secondary N) is 1. The van der Waals surface area contributed by atoms with Gasteiger partial charge in [0, 0.05) is 0 Å². The number of rotatable bonds is 3. The predicted octanol–water partition coefficient (Wildman–Crippen LogP) is 3.79. The molecule has 0 spiro atoms. The molecule has 4 unspecified atom stereocenters. The maximum Gasteiger partial charge on any atom is 0.414 e. The van der Waals surface area contributed by atoms with Crippen molar-refractivity contribution in [2.75, 3.05) is 7.05 Å². The van der Waals surface area contributed by atoms with Crippen molar-refractivity contribution in [3.05, 3.63) is 35.4 Å². The van der Waals surface area contributed by atoms with Gasteiger partial charge in [0.1, 0.15) is 0 Å². The molecule has 2 rings (SSSR count). The van der Waals surface area contributed by atoms with Crippen molar-refractivity contribution in [3.63, 3.8) is 0 Å². The minimum absolute atomic E-state index is 0.196. The summed E-state index contributed by atoms with van der Waals surface area (Å²) in [4.78, 5) is 0. The van der Waals surface area contributed by atoms with E-state index in [9.17, 15) is 13.2 Å². The van der Waals surface area contributed by atoms with Gasteiger partial charge >= 0.3 is 6.18 Å². The summed E-state index contributed by atoms with van der Waals surface area (Å²) < 4.78 is 43.3. The molecule has 2 nitrogen and oxygen atoms in total. The third kappa shape index (κ3) is 2.99. The van der Waals surface area contributed by atoms with Gasteiger partial charge in [-0.3, -0.25) is 0 Å². The van der Waals surface area contributed by atoms with Crippen LogP contribution in [0, 0.1) is 0 Å². The average molecular weight is 287 g/mol. The van der Waals surface area contributed by atoms with E-state index in [1.807, 2.05) is 31.2 Å². The highest BCUT2D eigenvalue weighted by Gasteiger charge is 2.41. The molecule has 0 aromatic heterocycles. The zero-order chi connectivity index (χ0) is 14.9. The molecular weight excluding hydrogens is 267 g/mol. The molecule has 1 aromatic rings. The Labute approximate surface area is 117 Å². The Morgan fingerprint density at radius 3 is 2.40 bits per heavy atom. The number of benzene rings is 1. The van der Waals surface area contributed by atoms with Gasteiger partial charge in [-0.25, -0.2) is 0 Å². The molecule has 112 valence electrons. The number of alkyl halides is 3. The van der Waals surface area contributed by atoms with Crippen molar-refractivity contribution in [1.82, 2.24) is 5.32 Å². The van der Waals surface area contributed by atoms with E-state index in [-0.39, 0.29) is 12.0 Å². The van der Waals surface area contributed by atoms with Crippen LogP contribution in [0.1, 0.15) is 43.4 Å². The van der Waals surface area contributed by atoms with Crippen LogP contribution in [0.15, 0.2) is 24.3 Å².